The van der Waals surface area contributed by atoms with Crippen LogP contribution in [0.2, 0.25) is 0 Å². The fourth-order valence-electron chi connectivity index (χ4n) is 3.78. The summed E-state index contributed by atoms with van der Waals surface area (Å²) in [6, 6.07) is 11.8. The van der Waals surface area contributed by atoms with E-state index >= 15 is 0 Å². The minimum atomic E-state index is -0.758. The normalized spacial score (nSPS) is 16.7. The van der Waals surface area contributed by atoms with Crippen molar-refractivity contribution >= 4 is 5.97 Å². The zero-order valence-corrected chi connectivity index (χ0v) is 15.5. The van der Waals surface area contributed by atoms with Gasteiger partial charge < -0.3 is 14.6 Å². The average molecular weight is 373 g/mol. The second-order valence-corrected chi connectivity index (χ2v) is 6.68. The third-order valence-corrected chi connectivity index (χ3v) is 5.16. The van der Waals surface area contributed by atoms with Gasteiger partial charge in [0.15, 0.2) is 0 Å². The lowest BCUT2D eigenvalue weighted by Gasteiger charge is -2.38. The number of methoxy groups -OCH3 is 2. The fraction of sp³-hybridized carbons (Fsp3) is 0.381. The van der Waals surface area contributed by atoms with E-state index in [1.165, 1.54) is 12.1 Å². The third kappa shape index (κ3) is 4.06. The molecular formula is C21H24FNO4. The van der Waals surface area contributed by atoms with Crippen molar-refractivity contribution in [3.63, 3.8) is 0 Å². The first kappa shape index (κ1) is 19.2. The predicted molar refractivity (Wildman–Crippen MR) is 99.7 cm³/mol. The van der Waals surface area contributed by atoms with E-state index in [-0.39, 0.29) is 17.8 Å². The van der Waals surface area contributed by atoms with Gasteiger partial charge in [0.25, 0.3) is 0 Å². The quantitative estimate of drug-likeness (QED) is 0.836. The molecule has 1 heterocycles. The molecule has 0 aliphatic carbocycles. The molecule has 1 fully saturated rings. The molecule has 2 aromatic carbocycles. The van der Waals surface area contributed by atoms with Crippen molar-refractivity contribution in [2.24, 2.45) is 5.92 Å². The highest BCUT2D eigenvalue weighted by atomic mass is 19.1. The van der Waals surface area contributed by atoms with Crippen LogP contribution in [-0.2, 0) is 4.79 Å². The number of ether oxygens (including phenoxy) is 2. The number of rotatable bonds is 6. The monoisotopic (exact) mass is 373 g/mol. The Labute approximate surface area is 158 Å². The molecule has 6 heteroatoms. The van der Waals surface area contributed by atoms with E-state index in [0.29, 0.717) is 43.0 Å². The Morgan fingerprint density at radius 2 is 1.70 bits per heavy atom. The van der Waals surface area contributed by atoms with Crippen molar-refractivity contribution < 1.29 is 23.8 Å². The number of likely N-dealkylation sites (tertiary alicyclic amines) is 1. The number of carboxylic acids is 1. The lowest BCUT2D eigenvalue weighted by Crippen LogP contribution is -2.39. The number of hydrogen-bond donors (Lipinski definition) is 1. The minimum Gasteiger partial charge on any atom is -0.496 e. The van der Waals surface area contributed by atoms with Crippen LogP contribution in [0.5, 0.6) is 11.5 Å². The molecule has 1 atom stereocenters. The predicted octanol–water partition coefficient (Wildman–Crippen LogP) is 3.73. The van der Waals surface area contributed by atoms with Crippen LogP contribution in [0, 0.1) is 11.7 Å². The Morgan fingerprint density at radius 3 is 2.33 bits per heavy atom. The lowest BCUT2D eigenvalue weighted by molar-refractivity contribution is -0.143. The largest absolute Gasteiger partial charge is 0.496 e. The zero-order valence-electron chi connectivity index (χ0n) is 15.5. The summed E-state index contributed by atoms with van der Waals surface area (Å²) in [7, 11) is 3.17. The number of carbonyl (C=O) groups is 1. The number of para-hydroxylation sites is 1. The smallest absolute Gasteiger partial charge is 0.306 e. The molecule has 144 valence electrons. The molecular weight excluding hydrogens is 349 g/mol. The second kappa shape index (κ2) is 8.39. The van der Waals surface area contributed by atoms with Gasteiger partial charge in [0.05, 0.1) is 26.2 Å². The van der Waals surface area contributed by atoms with Gasteiger partial charge in [0, 0.05) is 11.1 Å². The van der Waals surface area contributed by atoms with E-state index < -0.39 is 5.97 Å². The van der Waals surface area contributed by atoms with E-state index in [4.69, 9.17) is 9.47 Å². The first-order valence-corrected chi connectivity index (χ1v) is 8.98. The Hall–Kier alpha value is -2.60. The highest BCUT2D eigenvalue weighted by molar-refractivity contribution is 5.70. The third-order valence-electron chi connectivity index (χ3n) is 5.16. The van der Waals surface area contributed by atoms with Gasteiger partial charge in [-0.1, -0.05) is 18.2 Å². The maximum atomic E-state index is 14.1. The van der Waals surface area contributed by atoms with Crippen LogP contribution in [0.25, 0.3) is 0 Å². The first-order chi connectivity index (χ1) is 13.0. The van der Waals surface area contributed by atoms with Crippen molar-refractivity contribution in [1.82, 2.24) is 4.90 Å². The van der Waals surface area contributed by atoms with Crippen LogP contribution >= 0.6 is 0 Å². The van der Waals surface area contributed by atoms with Crippen LogP contribution in [0.1, 0.15) is 30.0 Å². The molecule has 0 saturated carbocycles. The highest BCUT2D eigenvalue weighted by Crippen LogP contribution is 2.40. The van der Waals surface area contributed by atoms with Gasteiger partial charge in [-0.15, -0.1) is 0 Å². The molecule has 0 aromatic heterocycles. The summed E-state index contributed by atoms with van der Waals surface area (Å²) in [5.74, 6) is -0.145. The number of carboxylic acid groups (broad SMARTS) is 1. The topological polar surface area (TPSA) is 59.0 Å². The maximum Gasteiger partial charge on any atom is 0.306 e. The first-order valence-electron chi connectivity index (χ1n) is 8.98. The van der Waals surface area contributed by atoms with Gasteiger partial charge in [-0.2, -0.15) is 0 Å². The van der Waals surface area contributed by atoms with Gasteiger partial charge >= 0.3 is 5.97 Å². The molecule has 0 amide bonds. The van der Waals surface area contributed by atoms with Crippen molar-refractivity contribution in [1.29, 1.82) is 0 Å². The molecule has 1 N–H and O–H groups in total. The maximum absolute atomic E-state index is 14.1. The summed E-state index contributed by atoms with van der Waals surface area (Å²) in [6.07, 6.45) is 1.11. The number of aliphatic carboxylic acids is 1. The Bertz CT molecular complexity index is 803. The van der Waals surface area contributed by atoms with Gasteiger partial charge in [-0.25, -0.2) is 4.39 Å². The van der Waals surface area contributed by atoms with Crippen LogP contribution in [-0.4, -0.2) is 43.3 Å². The van der Waals surface area contributed by atoms with Crippen LogP contribution in [0.4, 0.5) is 4.39 Å². The number of nitrogens with zero attached hydrogens (tertiary/aromatic N) is 1. The molecule has 2 aromatic rings. The van der Waals surface area contributed by atoms with Crippen molar-refractivity contribution in [3.05, 3.63) is 59.4 Å². The minimum absolute atomic E-state index is 0.290. The van der Waals surface area contributed by atoms with Crippen molar-refractivity contribution in [2.45, 2.75) is 18.9 Å². The van der Waals surface area contributed by atoms with Crippen molar-refractivity contribution in [3.8, 4) is 11.5 Å². The van der Waals surface area contributed by atoms with Crippen LogP contribution in [0.15, 0.2) is 42.5 Å². The molecule has 1 saturated heterocycles. The van der Waals surface area contributed by atoms with Crippen molar-refractivity contribution in [2.75, 3.05) is 27.3 Å². The van der Waals surface area contributed by atoms with E-state index in [2.05, 4.69) is 4.90 Å². The Kier molecular flexibility index (Phi) is 5.96. The summed E-state index contributed by atoms with van der Waals surface area (Å²) in [5, 5.41) is 9.29. The van der Waals surface area contributed by atoms with E-state index in [0.717, 1.165) is 5.56 Å². The summed E-state index contributed by atoms with van der Waals surface area (Å²) in [5.41, 5.74) is 1.61. The average Bonchev–Trinajstić information content (AvgIpc) is 2.69. The Balaban J connectivity index is 2.05. The summed E-state index contributed by atoms with van der Waals surface area (Å²) >= 11 is 0. The number of piperidine rings is 1. The molecule has 0 bridgehead atoms. The summed E-state index contributed by atoms with van der Waals surface area (Å²) < 4.78 is 25.1. The molecule has 3 rings (SSSR count). The zero-order chi connectivity index (χ0) is 19.4. The molecule has 1 unspecified atom stereocenters. The second-order valence-electron chi connectivity index (χ2n) is 6.68. The van der Waals surface area contributed by atoms with Crippen LogP contribution in [0.3, 0.4) is 0 Å². The molecule has 1 aliphatic rings. The van der Waals surface area contributed by atoms with E-state index in [9.17, 15) is 14.3 Å². The number of benzene rings is 2. The molecule has 27 heavy (non-hydrogen) atoms. The fourth-order valence-corrected chi connectivity index (χ4v) is 3.78. The molecule has 0 spiro atoms. The van der Waals surface area contributed by atoms with E-state index in [1.807, 2.05) is 24.3 Å². The van der Waals surface area contributed by atoms with E-state index in [1.54, 1.807) is 20.3 Å². The van der Waals surface area contributed by atoms with Crippen LogP contribution < -0.4 is 9.47 Å². The van der Waals surface area contributed by atoms with Gasteiger partial charge in [0.2, 0.25) is 0 Å². The highest BCUT2D eigenvalue weighted by Gasteiger charge is 2.33. The Morgan fingerprint density at radius 1 is 1.07 bits per heavy atom. The SMILES string of the molecule is COc1ccccc1C(c1cc(F)ccc1OC)N1CCC(C(=O)O)CC1. The summed E-state index contributed by atoms with van der Waals surface area (Å²) in [6.45, 7) is 1.19. The van der Waals surface area contributed by atoms with Gasteiger partial charge in [-0.05, 0) is 50.2 Å². The number of hydrogen-bond acceptors (Lipinski definition) is 4. The number of halogens is 1. The molecule has 5 nitrogen and oxygen atoms in total. The molecule has 0 radical (unpaired) electrons. The van der Waals surface area contributed by atoms with Gasteiger partial charge in [-0.3, -0.25) is 9.69 Å². The standard InChI is InChI=1S/C21H24FNO4/c1-26-18-6-4-3-5-16(18)20(17-13-15(22)7-8-19(17)27-2)23-11-9-14(10-12-23)21(24)25/h3-8,13-14,20H,9-12H2,1-2H3,(H,24,25). The lowest BCUT2D eigenvalue weighted by atomic mass is 9.90. The molecule has 1 aliphatic heterocycles. The summed E-state index contributed by atoms with van der Waals surface area (Å²) in [4.78, 5) is 13.5. The van der Waals surface area contributed by atoms with Gasteiger partial charge in [0.1, 0.15) is 17.3 Å².